The zero-order chi connectivity index (χ0) is 23.4. The van der Waals surface area contributed by atoms with E-state index in [9.17, 15) is 9.59 Å². The second kappa shape index (κ2) is 10.3. The van der Waals surface area contributed by atoms with Gasteiger partial charge in [0.25, 0.3) is 5.91 Å². The molecule has 2 aliphatic heterocycles. The van der Waals surface area contributed by atoms with Gasteiger partial charge in [0, 0.05) is 48.9 Å². The number of ether oxygens (including phenoxy) is 2. The van der Waals surface area contributed by atoms with Crippen LogP contribution in [0, 0.1) is 5.92 Å². The molecule has 4 rings (SSSR count). The fraction of sp³-hybridized carbons (Fsp3) is 0.462. The maximum absolute atomic E-state index is 13.0. The molecule has 0 spiro atoms. The summed E-state index contributed by atoms with van der Waals surface area (Å²) in [6, 6.07) is 13.8. The van der Waals surface area contributed by atoms with Crippen LogP contribution in [-0.4, -0.2) is 54.1 Å². The van der Waals surface area contributed by atoms with Crippen LogP contribution in [-0.2, 0) is 11.3 Å². The first-order valence-corrected chi connectivity index (χ1v) is 11.8. The third-order valence-electron chi connectivity index (χ3n) is 6.52. The molecule has 2 aliphatic rings. The summed E-state index contributed by atoms with van der Waals surface area (Å²) in [5, 5.41) is 2.97. The molecule has 0 atom stereocenters. The minimum atomic E-state index is -0.113. The van der Waals surface area contributed by atoms with Gasteiger partial charge in [-0.05, 0) is 63.1 Å². The van der Waals surface area contributed by atoms with Crippen molar-refractivity contribution in [2.45, 2.75) is 46.2 Å². The standard InChI is InChI=1S/C26H33N3O4/c1-4-28(18(2)3)16-19-5-7-21(8-6-19)26(31)29-13-11-20(12-14-29)25(30)27-22-9-10-23-24(15-22)33-17-32-23/h5-10,15,18,20H,4,11-14,16-17H2,1-3H3,(H,27,30). The highest BCUT2D eigenvalue weighted by molar-refractivity contribution is 5.95. The average Bonchev–Trinajstić information content (AvgIpc) is 3.30. The number of likely N-dealkylation sites (tertiary alicyclic amines) is 1. The van der Waals surface area contributed by atoms with Gasteiger partial charge < -0.3 is 19.7 Å². The molecular formula is C26H33N3O4. The Morgan fingerprint density at radius 3 is 2.42 bits per heavy atom. The van der Waals surface area contributed by atoms with Crippen molar-refractivity contribution in [1.82, 2.24) is 9.80 Å². The summed E-state index contributed by atoms with van der Waals surface area (Å²) in [4.78, 5) is 29.9. The Balaban J connectivity index is 1.28. The van der Waals surface area contributed by atoms with Gasteiger partial charge in [0.15, 0.2) is 11.5 Å². The number of nitrogens with zero attached hydrogens (tertiary/aromatic N) is 2. The molecule has 33 heavy (non-hydrogen) atoms. The highest BCUT2D eigenvalue weighted by Crippen LogP contribution is 2.34. The lowest BCUT2D eigenvalue weighted by Gasteiger charge is -2.31. The molecule has 0 unspecified atom stereocenters. The van der Waals surface area contributed by atoms with Gasteiger partial charge in [0.05, 0.1) is 0 Å². The van der Waals surface area contributed by atoms with Gasteiger partial charge in [-0.3, -0.25) is 14.5 Å². The summed E-state index contributed by atoms with van der Waals surface area (Å²) in [6.45, 7) is 9.80. The lowest BCUT2D eigenvalue weighted by Crippen LogP contribution is -2.41. The largest absolute Gasteiger partial charge is 0.454 e. The first-order valence-electron chi connectivity index (χ1n) is 11.8. The smallest absolute Gasteiger partial charge is 0.253 e. The average molecular weight is 452 g/mol. The van der Waals surface area contributed by atoms with E-state index in [1.165, 1.54) is 5.56 Å². The predicted octanol–water partition coefficient (Wildman–Crippen LogP) is 4.14. The normalized spacial score (nSPS) is 15.8. The molecule has 0 aliphatic carbocycles. The quantitative estimate of drug-likeness (QED) is 0.685. The number of piperidine rings is 1. The van der Waals surface area contributed by atoms with E-state index in [2.05, 4.69) is 31.0 Å². The Morgan fingerprint density at radius 2 is 1.76 bits per heavy atom. The summed E-state index contributed by atoms with van der Waals surface area (Å²) < 4.78 is 10.7. The number of hydrogen-bond acceptors (Lipinski definition) is 5. The van der Waals surface area contributed by atoms with E-state index in [-0.39, 0.29) is 24.5 Å². The highest BCUT2D eigenvalue weighted by Gasteiger charge is 2.28. The van der Waals surface area contributed by atoms with E-state index in [4.69, 9.17) is 9.47 Å². The van der Waals surface area contributed by atoms with Gasteiger partial charge in [0.2, 0.25) is 12.7 Å². The third-order valence-corrected chi connectivity index (χ3v) is 6.52. The molecule has 0 bridgehead atoms. The topological polar surface area (TPSA) is 71.1 Å². The zero-order valence-electron chi connectivity index (χ0n) is 19.7. The van der Waals surface area contributed by atoms with E-state index in [0.29, 0.717) is 54.7 Å². The number of amides is 2. The van der Waals surface area contributed by atoms with Gasteiger partial charge in [-0.25, -0.2) is 0 Å². The molecule has 1 fully saturated rings. The molecule has 2 aromatic carbocycles. The fourth-order valence-electron chi connectivity index (χ4n) is 4.39. The molecule has 0 aromatic heterocycles. The van der Waals surface area contributed by atoms with E-state index < -0.39 is 0 Å². The number of carbonyl (C=O) groups excluding carboxylic acids is 2. The molecule has 1 saturated heterocycles. The molecule has 2 aromatic rings. The molecular weight excluding hydrogens is 418 g/mol. The molecule has 2 heterocycles. The van der Waals surface area contributed by atoms with Crippen molar-refractivity contribution < 1.29 is 19.1 Å². The lowest BCUT2D eigenvalue weighted by atomic mass is 9.95. The van der Waals surface area contributed by atoms with Crippen molar-refractivity contribution in [3.05, 3.63) is 53.6 Å². The van der Waals surface area contributed by atoms with Gasteiger partial charge in [0.1, 0.15) is 0 Å². The van der Waals surface area contributed by atoms with Crippen LogP contribution in [0.2, 0.25) is 0 Å². The minimum absolute atomic E-state index is 0.0176. The maximum Gasteiger partial charge on any atom is 0.253 e. The van der Waals surface area contributed by atoms with Crippen molar-refractivity contribution in [3.63, 3.8) is 0 Å². The fourth-order valence-corrected chi connectivity index (χ4v) is 4.39. The van der Waals surface area contributed by atoms with Crippen molar-refractivity contribution in [3.8, 4) is 11.5 Å². The Bertz CT molecular complexity index is 982. The summed E-state index contributed by atoms with van der Waals surface area (Å²) >= 11 is 0. The second-order valence-corrected chi connectivity index (χ2v) is 8.98. The van der Waals surface area contributed by atoms with Crippen LogP contribution in [0.1, 0.15) is 49.5 Å². The number of nitrogens with one attached hydrogen (secondary N) is 1. The predicted molar refractivity (Wildman–Crippen MR) is 127 cm³/mol. The van der Waals surface area contributed by atoms with Crippen molar-refractivity contribution in [1.29, 1.82) is 0 Å². The van der Waals surface area contributed by atoms with Gasteiger partial charge in [-0.1, -0.05) is 19.1 Å². The number of hydrogen-bond donors (Lipinski definition) is 1. The van der Waals surface area contributed by atoms with Crippen molar-refractivity contribution >= 4 is 17.5 Å². The van der Waals surface area contributed by atoms with Crippen LogP contribution in [0.15, 0.2) is 42.5 Å². The maximum atomic E-state index is 13.0. The summed E-state index contributed by atoms with van der Waals surface area (Å²) in [6.07, 6.45) is 1.31. The molecule has 0 radical (unpaired) electrons. The Labute approximate surface area is 195 Å². The van der Waals surface area contributed by atoms with E-state index in [0.717, 1.165) is 13.1 Å². The van der Waals surface area contributed by atoms with Crippen molar-refractivity contribution in [2.24, 2.45) is 5.92 Å². The van der Waals surface area contributed by atoms with Crippen LogP contribution in [0.4, 0.5) is 5.69 Å². The monoisotopic (exact) mass is 451 g/mol. The van der Waals surface area contributed by atoms with E-state index in [1.54, 1.807) is 12.1 Å². The zero-order valence-corrected chi connectivity index (χ0v) is 19.7. The first kappa shape index (κ1) is 23.1. The Morgan fingerprint density at radius 1 is 1.06 bits per heavy atom. The van der Waals surface area contributed by atoms with Gasteiger partial charge in [-0.15, -0.1) is 0 Å². The summed E-state index contributed by atoms with van der Waals surface area (Å²) in [5.41, 5.74) is 2.61. The molecule has 7 nitrogen and oxygen atoms in total. The number of anilines is 1. The number of carbonyl (C=O) groups is 2. The Kier molecular flexibility index (Phi) is 7.18. The molecule has 2 amide bonds. The van der Waals surface area contributed by atoms with Crippen LogP contribution in [0.5, 0.6) is 11.5 Å². The van der Waals surface area contributed by atoms with Crippen LogP contribution in [0.3, 0.4) is 0 Å². The lowest BCUT2D eigenvalue weighted by molar-refractivity contribution is -0.121. The first-order chi connectivity index (χ1) is 15.9. The van der Waals surface area contributed by atoms with E-state index >= 15 is 0 Å². The third kappa shape index (κ3) is 5.47. The summed E-state index contributed by atoms with van der Waals surface area (Å²) in [5.74, 6) is 1.24. The van der Waals surface area contributed by atoms with Crippen LogP contribution >= 0.6 is 0 Å². The SMILES string of the molecule is CCN(Cc1ccc(C(=O)N2CCC(C(=O)Nc3ccc4c(c3)OCO4)CC2)cc1)C(C)C. The molecule has 7 heteroatoms. The summed E-state index contributed by atoms with van der Waals surface area (Å²) in [7, 11) is 0. The highest BCUT2D eigenvalue weighted by atomic mass is 16.7. The molecule has 176 valence electrons. The van der Waals surface area contributed by atoms with Crippen LogP contribution < -0.4 is 14.8 Å². The molecule has 0 saturated carbocycles. The molecule has 1 N–H and O–H groups in total. The van der Waals surface area contributed by atoms with Crippen molar-refractivity contribution in [2.75, 3.05) is 31.7 Å². The minimum Gasteiger partial charge on any atom is -0.454 e. The van der Waals surface area contributed by atoms with Gasteiger partial charge >= 0.3 is 0 Å². The van der Waals surface area contributed by atoms with Gasteiger partial charge in [-0.2, -0.15) is 0 Å². The number of benzene rings is 2. The number of fused-ring (bicyclic) bond motifs is 1. The Hall–Kier alpha value is -3.06. The second-order valence-electron chi connectivity index (χ2n) is 8.98. The van der Waals surface area contributed by atoms with E-state index in [1.807, 2.05) is 35.2 Å². The number of rotatable bonds is 7. The van der Waals surface area contributed by atoms with Crippen LogP contribution in [0.25, 0.3) is 0 Å².